The Morgan fingerprint density at radius 2 is 1.79 bits per heavy atom. The summed E-state index contributed by atoms with van der Waals surface area (Å²) in [4.78, 5) is 25.3. The first-order valence-electron chi connectivity index (χ1n) is 12.0. The van der Waals surface area contributed by atoms with Crippen LogP contribution in [-0.4, -0.2) is 92.4 Å². The molecule has 1 atom stereocenters. The summed E-state index contributed by atoms with van der Waals surface area (Å²) in [5.41, 5.74) is 2.57. The summed E-state index contributed by atoms with van der Waals surface area (Å²) in [7, 11) is 0. The predicted octanol–water partition coefficient (Wildman–Crippen LogP) is 1.54. The molecule has 5 heterocycles. The second kappa shape index (κ2) is 10.1. The zero-order chi connectivity index (χ0) is 23.5. The van der Waals surface area contributed by atoms with Gasteiger partial charge in [0.05, 0.1) is 18.4 Å². The van der Waals surface area contributed by atoms with Crippen molar-refractivity contribution in [3.63, 3.8) is 0 Å². The monoisotopic (exact) mass is 464 g/mol. The lowest BCUT2D eigenvalue weighted by Crippen LogP contribution is -2.46. The number of fused-ring (bicyclic) bond motifs is 1. The summed E-state index contributed by atoms with van der Waals surface area (Å²) in [6.45, 7) is 9.40. The van der Waals surface area contributed by atoms with E-state index in [1.54, 1.807) is 13.1 Å². The number of rotatable bonds is 8. The Hall–Kier alpha value is -2.92. The van der Waals surface area contributed by atoms with Gasteiger partial charge >= 0.3 is 0 Å². The SMILES string of the molecule is C[C@@H](O)c1cc2cnc(Nc3ccc(CN4CCN(CCO)CC4)cn3)nc2c(N2CCC2)n1. The second-order valence-electron chi connectivity index (χ2n) is 9.04. The maximum atomic E-state index is 10.0. The second-order valence-corrected chi connectivity index (χ2v) is 9.04. The summed E-state index contributed by atoms with van der Waals surface area (Å²) in [5, 5.41) is 23.2. The number of pyridine rings is 2. The molecule has 0 unspecified atom stereocenters. The first-order chi connectivity index (χ1) is 16.6. The number of piperazine rings is 1. The molecule has 3 aromatic heterocycles. The molecule has 10 heteroatoms. The van der Waals surface area contributed by atoms with Crippen molar-refractivity contribution in [2.24, 2.45) is 0 Å². The number of hydrogen-bond acceptors (Lipinski definition) is 10. The summed E-state index contributed by atoms with van der Waals surface area (Å²) >= 11 is 0. The molecular weight excluding hydrogens is 432 g/mol. The molecule has 2 saturated heterocycles. The van der Waals surface area contributed by atoms with Gasteiger partial charge in [0.2, 0.25) is 5.95 Å². The first kappa shape index (κ1) is 22.9. The lowest BCUT2D eigenvalue weighted by Gasteiger charge is -2.34. The topological polar surface area (TPSA) is 114 Å². The highest BCUT2D eigenvalue weighted by Crippen LogP contribution is 2.30. The highest BCUT2D eigenvalue weighted by atomic mass is 16.3. The quantitative estimate of drug-likeness (QED) is 0.454. The van der Waals surface area contributed by atoms with Gasteiger partial charge in [0.25, 0.3) is 0 Å². The standard InChI is InChI=1S/C24H32N8O2/c1-17(34)20-13-19-15-26-24(29-22(19)23(27-20)32-5-2-6-32)28-21-4-3-18(14-25-21)16-31-9-7-30(8-10-31)11-12-33/h3-4,13-15,17,33-34H,2,5-12,16H2,1H3,(H,25,26,28,29)/t17-/m1/s1. The van der Waals surface area contributed by atoms with E-state index >= 15 is 0 Å². The Kier molecular flexibility index (Phi) is 6.82. The number of aliphatic hydroxyl groups excluding tert-OH is 2. The molecule has 2 aliphatic rings. The molecule has 2 aliphatic heterocycles. The van der Waals surface area contributed by atoms with E-state index in [0.29, 0.717) is 17.5 Å². The smallest absolute Gasteiger partial charge is 0.229 e. The molecule has 0 amide bonds. The molecule has 0 aromatic carbocycles. The van der Waals surface area contributed by atoms with Gasteiger partial charge in [-0.15, -0.1) is 0 Å². The summed E-state index contributed by atoms with van der Waals surface area (Å²) in [6, 6.07) is 5.89. The Balaban J connectivity index is 1.27. The molecule has 10 nitrogen and oxygen atoms in total. The van der Waals surface area contributed by atoms with E-state index in [-0.39, 0.29) is 6.61 Å². The highest BCUT2D eigenvalue weighted by Gasteiger charge is 2.22. The van der Waals surface area contributed by atoms with Gasteiger partial charge in [-0.3, -0.25) is 9.80 Å². The average Bonchev–Trinajstić information content (AvgIpc) is 2.81. The first-order valence-corrected chi connectivity index (χ1v) is 12.0. The fraction of sp³-hybridized carbons (Fsp3) is 0.500. The molecule has 5 rings (SSSR count). The van der Waals surface area contributed by atoms with E-state index in [4.69, 9.17) is 10.1 Å². The van der Waals surface area contributed by atoms with Crippen molar-refractivity contribution in [1.82, 2.24) is 29.7 Å². The minimum atomic E-state index is -0.644. The van der Waals surface area contributed by atoms with Crippen LogP contribution in [0.15, 0.2) is 30.6 Å². The molecule has 0 aliphatic carbocycles. The molecule has 180 valence electrons. The van der Waals surface area contributed by atoms with Crippen LogP contribution < -0.4 is 10.2 Å². The summed E-state index contributed by atoms with van der Waals surface area (Å²) in [6.07, 6.45) is 4.15. The zero-order valence-electron chi connectivity index (χ0n) is 19.6. The van der Waals surface area contributed by atoms with Crippen LogP contribution >= 0.6 is 0 Å². The van der Waals surface area contributed by atoms with Crippen molar-refractivity contribution in [3.8, 4) is 0 Å². The van der Waals surface area contributed by atoms with E-state index in [9.17, 15) is 5.11 Å². The third kappa shape index (κ3) is 5.10. The lowest BCUT2D eigenvalue weighted by molar-refractivity contribution is 0.108. The van der Waals surface area contributed by atoms with Crippen molar-refractivity contribution in [2.45, 2.75) is 26.0 Å². The van der Waals surface area contributed by atoms with Crippen LogP contribution in [0.2, 0.25) is 0 Å². The van der Waals surface area contributed by atoms with E-state index in [1.165, 1.54) is 0 Å². The Bertz CT molecular complexity index is 1110. The molecule has 34 heavy (non-hydrogen) atoms. The molecule has 0 saturated carbocycles. The zero-order valence-corrected chi connectivity index (χ0v) is 19.6. The van der Waals surface area contributed by atoms with E-state index in [1.807, 2.05) is 18.3 Å². The van der Waals surface area contributed by atoms with Gasteiger partial charge in [-0.25, -0.2) is 19.9 Å². The van der Waals surface area contributed by atoms with Gasteiger partial charge in [0, 0.05) is 70.1 Å². The van der Waals surface area contributed by atoms with Gasteiger partial charge < -0.3 is 20.4 Å². The van der Waals surface area contributed by atoms with Gasteiger partial charge in [-0.05, 0) is 31.0 Å². The van der Waals surface area contributed by atoms with Crippen molar-refractivity contribution in [1.29, 1.82) is 0 Å². The Morgan fingerprint density at radius 3 is 2.44 bits per heavy atom. The van der Waals surface area contributed by atoms with Gasteiger partial charge in [0.1, 0.15) is 11.3 Å². The molecular formula is C24H32N8O2. The summed E-state index contributed by atoms with van der Waals surface area (Å²) < 4.78 is 0. The third-order valence-electron chi connectivity index (χ3n) is 6.50. The van der Waals surface area contributed by atoms with Crippen LogP contribution in [0.25, 0.3) is 10.9 Å². The highest BCUT2D eigenvalue weighted by molar-refractivity contribution is 5.89. The number of β-amino-alcohol motifs (C(OH)–C–C–N with tert-alkyl or cyclic N) is 1. The van der Waals surface area contributed by atoms with Crippen LogP contribution in [0.5, 0.6) is 0 Å². The largest absolute Gasteiger partial charge is 0.395 e. The van der Waals surface area contributed by atoms with Crippen molar-refractivity contribution < 1.29 is 10.2 Å². The molecule has 0 radical (unpaired) electrons. The van der Waals surface area contributed by atoms with Gasteiger partial charge in [-0.2, -0.15) is 0 Å². The maximum absolute atomic E-state index is 10.0. The fourth-order valence-corrected chi connectivity index (χ4v) is 4.34. The molecule has 3 aromatic rings. The maximum Gasteiger partial charge on any atom is 0.229 e. The van der Waals surface area contributed by atoms with Gasteiger partial charge in [0.15, 0.2) is 5.82 Å². The van der Waals surface area contributed by atoms with Crippen LogP contribution in [0, 0.1) is 0 Å². The normalized spacial score (nSPS) is 18.1. The van der Waals surface area contributed by atoms with E-state index < -0.39 is 6.10 Å². The van der Waals surface area contributed by atoms with Crippen molar-refractivity contribution in [2.75, 3.05) is 62.6 Å². The number of nitrogens with zero attached hydrogens (tertiary/aromatic N) is 7. The lowest BCUT2D eigenvalue weighted by atomic mass is 10.1. The molecule has 2 fully saturated rings. The van der Waals surface area contributed by atoms with Crippen molar-refractivity contribution in [3.05, 3.63) is 41.9 Å². The number of aliphatic hydroxyl groups is 2. The number of nitrogens with one attached hydrogen (secondary N) is 1. The van der Waals surface area contributed by atoms with Crippen LogP contribution in [0.3, 0.4) is 0 Å². The average molecular weight is 465 g/mol. The molecule has 0 spiro atoms. The van der Waals surface area contributed by atoms with Crippen molar-refractivity contribution >= 4 is 28.5 Å². The number of aromatic nitrogens is 4. The minimum Gasteiger partial charge on any atom is -0.395 e. The van der Waals surface area contributed by atoms with Gasteiger partial charge in [-0.1, -0.05) is 6.07 Å². The van der Waals surface area contributed by atoms with E-state index in [0.717, 1.165) is 81.1 Å². The summed E-state index contributed by atoms with van der Waals surface area (Å²) in [5.74, 6) is 1.96. The number of hydrogen-bond donors (Lipinski definition) is 3. The van der Waals surface area contributed by atoms with E-state index in [2.05, 4.69) is 41.0 Å². The predicted molar refractivity (Wildman–Crippen MR) is 131 cm³/mol. The Labute approximate surface area is 199 Å². The fourth-order valence-electron chi connectivity index (χ4n) is 4.34. The minimum absolute atomic E-state index is 0.221. The molecule has 0 bridgehead atoms. The third-order valence-corrected chi connectivity index (χ3v) is 6.50. The molecule has 3 N–H and O–H groups in total. The Morgan fingerprint density at radius 1 is 1.00 bits per heavy atom. The van der Waals surface area contributed by atoms with Crippen LogP contribution in [-0.2, 0) is 6.54 Å². The van der Waals surface area contributed by atoms with Crippen LogP contribution in [0.1, 0.15) is 30.7 Å². The number of anilines is 3. The van der Waals surface area contributed by atoms with Crippen LogP contribution in [0.4, 0.5) is 17.6 Å².